The van der Waals surface area contributed by atoms with Crippen LogP contribution < -0.4 is 5.73 Å². The zero-order valence-corrected chi connectivity index (χ0v) is 13.3. The molecule has 0 saturated carbocycles. The molecule has 1 fully saturated rings. The van der Waals surface area contributed by atoms with Gasteiger partial charge in [-0.1, -0.05) is 13.0 Å². The van der Waals surface area contributed by atoms with Crippen LogP contribution in [0.3, 0.4) is 0 Å². The normalized spacial score (nSPS) is 26.1. The van der Waals surface area contributed by atoms with E-state index in [4.69, 9.17) is 10.5 Å². The lowest BCUT2D eigenvalue weighted by molar-refractivity contribution is 0.0535. The first-order chi connectivity index (χ1) is 10.4. The number of esters is 1. The summed E-state index contributed by atoms with van der Waals surface area (Å²) in [4.78, 5) is 13.8. The number of fused-ring (bicyclic) bond motifs is 1. The van der Waals surface area contributed by atoms with Crippen molar-refractivity contribution in [3.8, 4) is 0 Å². The first kappa shape index (κ1) is 15.5. The van der Waals surface area contributed by atoms with Gasteiger partial charge < -0.3 is 15.6 Å². The van der Waals surface area contributed by atoms with Crippen molar-refractivity contribution >= 4 is 5.97 Å². The molecule has 5 heteroatoms. The predicted octanol–water partition coefficient (Wildman–Crippen LogP) is 1.37. The Hall–Kier alpha value is -1.43. The summed E-state index contributed by atoms with van der Waals surface area (Å²) < 4.78 is 5.07. The Bertz CT molecular complexity index is 602. The minimum Gasteiger partial charge on any atom is -0.457 e. The van der Waals surface area contributed by atoms with Crippen molar-refractivity contribution in [1.29, 1.82) is 0 Å². The number of carbonyl (C=O) groups excluding carboxylic acids is 1. The molecule has 0 amide bonds. The summed E-state index contributed by atoms with van der Waals surface area (Å²) in [7, 11) is 0. The highest BCUT2D eigenvalue weighted by atomic mass is 16.5. The smallest absolute Gasteiger partial charge is 0.338 e. The summed E-state index contributed by atoms with van der Waals surface area (Å²) in [6.07, 6.45) is 0.517. The van der Waals surface area contributed by atoms with Gasteiger partial charge in [-0.2, -0.15) is 0 Å². The molecule has 0 radical (unpaired) electrons. The number of ether oxygens (including phenoxy) is 1. The number of carbonyl (C=O) groups is 1. The lowest BCUT2D eigenvalue weighted by Crippen LogP contribution is -2.33. The van der Waals surface area contributed by atoms with Crippen LogP contribution in [-0.2, 0) is 11.3 Å². The standard InChI is InChI=1S/C17H24N2O3/c1-11-12(3-4-13-14(11)8-22-16(13)21)15(20)7-19-6-5-17(2,9-18)10-19/h3-4,15,20H,5-10,18H2,1-2H3/t15-,17?/m0/s1. The minimum absolute atomic E-state index is 0.160. The predicted molar refractivity (Wildman–Crippen MR) is 83.5 cm³/mol. The minimum atomic E-state index is -0.555. The number of rotatable bonds is 4. The van der Waals surface area contributed by atoms with E-state index >= 15 is 0 Å². The van der Waals surface area contributed by atoms with Gasteiger partial charge in [0.05, 0.1) is 11.7 Å². The summed E-state index contributed by atoms with van der Waals surface area (Å²) in [5, 5.41) is 10.6. The van der Waals surface area contributed by atoms with Crippen LogP contribution in [0.2, 0.25) is 0 Å². The lowest BCUT2D eigenvalue weighted by atomic mass is 9.90. The third kappa shape index (κ3) is 2.64. The number of likely N-dealkylation sites (tertiary alicyclic amines) is 1. The Labute approximate surface area is 131 Å². The maximum absolute atomic E-state index is 11.6. The maximum atomic E-state index is 11.6. The Morgan fingerprint density at radius 2 is 2.27 bits per heavy atom. The fourth-order valence-electron chi connectivity index (χ4n) is 3.52. The van der Waals surface area contributed by atoms with Crippen molar-refractivity contribution in [3.05, 3.63) is 34.4 Å². The number of cyclic esters (lactones) is 1. The molecule has 22 heavy (non-hydrogen) atoms. The van der Waals surface area contributed by atoms with E-state index in [-0.39, 0.29) is 11.4 Å². The van der Waals surface area contributed by atoms with Gasteiger partial charge in [-0.3, -0.25) is 4.90 Å². The number of aliphatic hydroxyl groups is 1. The maximum Gasteiger partial charge on any atom is 0.338 e. The van der Waals surface area contributed by atoms with Crippen LogP contribution in [0.1, 0.15) is 46.5 Å². The summed E-state index contributed by atoms with van der Waals surface area (Å²) in [5.41, 5.74) is 9.39. The number of aliphatic hydroxyl groups excluding tert-OH is 1. The van der Waals surface area contributed by atoms with Gasteiger partial charge in [0.25, 0.3) is 0 Å². The molecule has 2 heterocycles. The van der Waals surface area contributed by atoms with Crippen LogP contribution in [0.25, 0.3) is 0 Å². The number of nitrogens with two attached hydrogens (primary N) is 1. The highest BCUT2D eigenvalue weighted by molar-refractivity contribution is 5.93. The van der Waals surface area contributed by atoms with Crippen molar-refractivity contribution in [1.82, 2.24) is 4.90 Å². The van der Waals surface area contributed by atoms with Crippen LogP contribution in [0.15, 0.2) is 12.1 Å². The van der Waals surface area contributed by atoms with Gasteiger partial charge in [-0.15, -0.1) is 0 Å². The fourth-order valence-corrected chi connectivity index (χ4v) is 3.52. The molecule has 3 rings (SSSR count). The topological polar surface area (TPSA) is 75.8 Å². The van der Waals surface area contributed by atoms with Crippen molar-refractivity contribution in [2.75, 3.05) is 26.2 Å². The highest BCUT2D eigenvalue weighted by Crippen LogP contribution is 2.32. The Morgan fingerprint density at radius 3 is 2.95 bits per heavy atom. The molecule has 3 N–H and O–H groups in total. The highest BCUT2D eigenvalue weighted by Gasteiger charge is 2.34. The molecule has 0 bridgehead atoms. The Kier molecular flexibility index (Phi) is 3.97. The van der Waals surface area contributed by atoms with Gasteiger partial charge >= 0.3 is 5.97 Å². The quantitative estimate of drug-likeness (QED) is 0.822. The molecule has 0 aliphatic carbocycles. The molecule has 0 aromatic heterocycles. The molecule has 1 aromatic carbocycles. The first-order valence-electron chi connectivity index (χ1n) is 7.83. The molecule has 120 valence electrons. The monoisotopic (exact) mass is 304 g/mol. The Balaban J connectivity index is 1.74. The molecular weight excluding hydrogens is 280 g/mol. The first-order valence-corrected chi connectivity index (χ1v) is 7.83. The largest absolute Gasteiger partial charge is 0.457 e. The van der Waals surface area contributed by atoms with Crippen LogP contribution in [-0.4, -0.2) is 42.2 Å². The van der Waals surface area contributed by atoms with Gasteiger partial charge in [-0.05, 0) is 49.0 Å². The number of benzene rings is 1. The van der Waals surface area contributed by atoms with E-state index in [1.165, 1.54) is 0 Å². The molecule has 0 spiro atoms. The van der Waals surface area contributed by atoms with Crippen LogP contribution in [0, 0.1) is 12.3 Å². The van der Waals surface area contributed by atoms with Crippen molar-refractivity contribution in [2.24, 2.45) is 11.1 Å². The average molecular weight is 304 g/mol. The number of hydrogen-bond donors (Lipinski definition) is 2. The van der Waals surface area contributed by atoms with E-state index < -0.39 is 6.10 Å². The molecule has 2 atom stereocenters. The number of nitrogens with zero attached hydrogens (tertiary/aromatic N) is 1. The molecule has 1 saturated heterocycles. The zero-order chi connectivity index (χ0) is 15.9. The van der Waals surface area contributed by atoms with Gasteiger partial charge in [0.15, 0.2) is 0 Å². The number of β-amino-alcohol motifs (C(OH)–C–C–N with tert-alkyl or cyclic N) is 1. The second-order valence-corrected chi connectivity index (χ2v) is 6.90. The van der Waals surface area contributed by atoms with E-state index in [2.05, 4.69) is 11.8 Å². The van der Waals surface area contributed by atoms with Crippen molar-refractivity contribution < 1.29 is 14.6 Å². The fraction of sp³-hybridized carbons (Fsp3) is 0.588. The van der Waals surface area contributed by atoms with E-state index in [1.807, 2.05) is 13.0 Å². The molecule has 1 aromatic rings. The molecular formula is C17H24N2O3. The van der Waals surface area contributed by atoms with E-state index in [1.54, 1.807) is 6.07 Å². The van der Waals surface area contributed by atoms with Crippen LogP contribution in [0.4, 0.5) is 0 Å². The molecule has 1 unspecified atom stereocenters. The summed E-state index contributed by atoms with van der Waals surface area (Å²) in [6.45, 7) is 7.63. The lowest BCUT2D eigenvalue weighted by Gasteiger charge is -2.25. The zero-order valence-electron chi connectivity index (χ0n) is 13.3. The third-order valence-electron chi connectivity index (χ3n) is 5.13. The van der Waals surface area contributed by atoms with E-state index in [0.717, 1.165) is 36.2 Å². The van der Waals surface area contributed by atoms with Crippen molar-refractivity contribution in [3.63, 3.8) is 0 Å². The number of hydrogen-bond acceptors (Lipinski definition) is 5. The summed E-state index contributed by atoms with van der Waals surface area (Å²) >= 11 is 0. The van der Waals surface area contributed by atoms with E-state index in [9.17, 15) is 9.90 Å². The van der Waals surface area contributed by atoms with Crippen LogP contribution >= 0.6 is 0 Å². The van der Waals surface area contributed by atoms with Crippen LogP contribution in [0.5, 0.6) is 0 Å². The summed E-state index contributed by atoms with van der Waals surface area (Å²) in [6, 6.07) is 3.62. The SMILES string of the molecule is Cc1c([C@@H](O)CN2CCC(C)(CN)C2)ccc2c1COC2=O. The second-order valence-electron chi connectivity index (χ2n) is 6.90. The van der Waals surface area contributed by atoms with Gasteiger partial charge in [-0.25, -0.2) is 4.79 Å². The average Bonchev–Trinajstić information content (AvgIpc) is 3.05. The Morgan fingerprint density at radius 1 is 1.50 bits per heavy atom. The molecule has 2 aliphatic rings. The summed E-state index contributed by atoms with van der Waals surface area (Å²) in [5.74, 6) is -0.266. The third-order valence-corrected chi connectivity index (χ3v) is 5.13. The van der Waals surface area contributed by atoms with Crippen molar-refractivity contribution in [2.45, 2.75) is 33.0 Å². The van der Waals surface area contributed by atoms with Gasteiger partial charge in [0, 0.05) is 18.7 Å². The molecule has 2 aliphatic heterocycles. The van der Waals surface area contributed by atoms with Gasteiger partial charge in [0.1, 0.15) is 6.61 Å². The van der Waals surface area contributed by atoms with Gasteiger partial charge in [0.2, 0.25) is 0 Å². The molecule has 5 nitrogen and oxygen atoms in total. The second kappa shape index (κ2) is 5.65. The van der Waals surface area contributed by atoms with E-state index in [0.29, 0.717) is 25.3 Å².